The number of nitrogens with one attached hydrogen (secondary N) is 1. The van der Waals surface area contributed by atoms with E-state index in [0.29, 0.717) is 18.5 Å². The standard InChI is InChI=1S/C13H18N2O3S/c1-4-5-6-7-15-19(16,17)13-9-11(14)10(2)8-12(13)18-3/h1,8-9,15H,5-7,14H2,2-3H3. The van der Waals surface area contributed by atoms with E-state index in [0.717, 1.165) is 5.56 Å². The number of methoxy groups -OCH3 is 1. The van der Waals surface area contributed by atoms with Gasteiger partial charge in [0.25, 0.3) is 0 Å². The van der Waals surface area contributed by atoms with E-state index in [2.05, 4.69) is 10.6 Å². The molecule has 5 nitrogen and oxygen atoms in total. The summed E-state index contributed by atoms with van der Waals surface area (Å²) in [5.41, 5.74) is 6.92. The molecule has 19 heavy (non-hydrogen) atoms. The summed E-state index contributed by atoms with van der Waals surface area (Å²) in [6.07, 6.45) is 6.21. The van der Waals surface area contributed by atoms with Crippen molar-refractivity contribution < 1.29 is 13.2 Å². The van der Waals surface area contributed by atoms with Crippen LogP contribution in [0.4, 0.5) is 5.69 Å². The first-order valence-electron chi connectivity index (χ1n) is 5.79. The van der Waals surface area contributed by atoms with E-state index in [4.69, 9.17) is 16.9 Å². The van der Waals surface area contributed by atoms with E-state index in [9.17, 15) is 8.42 Å². The molecule has 0 heterocycles. The fraction of sp³-hybridized carbons (Fsp3) is 0.385. The van der Waals surface area contributed by atoms with Crippen LogP contribution in [0.2, 0.25) is 0 Å². The number of sulfonamides is 1. The number of nitrogen functional groups attached to an aromatic ring is 1. The van der Waals surface area contributed by atoms with E-state index >= 15 is 0 Å². The molecule has 1 aromatic rings. The van der Waals surface area contributed by atoms with E-state index in [1.54, 1.807) is 13.0 Å². The molecule has 0 spiro atoms. The van der Waals surface area contributed by atoms with Crippen molar-refractivity contribution in [1.29, 1.82) is 0 Å². The lowest BCUT2D eigenvalue weighted by Gasteiger charge is -2.12. The lowest BCUT2D eigenvalue weighted by atomic mass is 10.2. The molecule has 0 aromatic heterocycles. The molecule has 0 radical (unpaired) electrons. The number of terminal acetylenes is 1. The third kappa shape index (κ3) is 3.88. The van der Waals surface area contributed by atoms with E-state index in [1.165, 1.54) is 13.2 Å². The zero-order valence-electron chi connectivity index (χ0n) is 11.1. The number of anilines is 1. The Bertz CT molecular complexity index is 589. The molecule has 0 saturated heterocycles. The number of ether oxygens (including phenoxy) is 1. The number of nitrogens with two attached hydrogens (primary N) is 1. The average Bonchev–Trinajstić information content (AvgIpc) is 2.37. The minimum Gasteiger partial charge on any atom is -0.495 e. The second-order valence-electron chi connectivity index (χ2n) is 4.07. The maximum absolute atomic E-state index is 12.1. The molecule has 0 fully saturated rings. The Labute approximate surface area is 114 Å². The molecule has 104 valence electrons. The van der Waals surface area contributed by atoms with Crippen molar-refractivity contribution in [3.63, 3.8) is 0 Å². The Morgan fingerprint density at radius 1 is 1.47 bits per heavy atom. The highest BCUT2D eigenvalue weighted by atomic mass is 32.2. The molecular formula is C13H18N2O3S. The van der Waals surface area contributed by atoms with Gasteiger partial charge in [-0.3, -0.25) is 0 Å². The summed E-state index contributed by atoms with van der Waals surface area (Å²) in [6, 6.07) is 3.00. The minimum atomic E-state index is -3.65. The van der Waals surface area contributed by atoms with E-state index in [-0.39, 0.29) is 17.2 Å². The van der Waals surface area contributed by atoms with Crippen LogP contribution in [0.15, 0.2) is 17.0 Å². The molecule has 6 heteroatoms. The van der Waals surface area contributed by atoms with Crippen LogP contribution in [0.1, 0.15) is 18.4 Å². The average molecular weight is 282 g/mol. The fourth-order valence-electron chi connectivity index (χ4n) is 1.52. The first-order valence-corrected chi connectivity index (χ1v) is 7.28. The van der Waals surface area contributed by atoms with E-state index in [1.807, 2.05) is 0 Å². The first-order chi connectivity index (χ1) is 8.92. The molecule has 0 atom stereocenters. The van der Waals surface area contributed by atoms with Crippen molar-refractivity contribution in [3.8, 4) is 18.1 Å². The second-order valence-corrected chi connectivity index (χ2v) is 5.80. The predicted octanol–water partition coefficient (Wildman–Crippen LogP) is 1.28. The van der Waals surface area contributed by atoms with Gasteiger partial charge >= 0.3 is 0 Å². The monoisotopic (exact) mass is 282 g/mol. The summed E-state index contributed by atoms with van der Waals surface area (Å²) >= 11 is 0. The SMILES string of the molecule is C#CCCCNS(=O)(=O)c1cc(N)c(C)cc1OC. The van der Waals surface area contributed by atoms with Gasteiger partial charge in [0.05, 0.1) is 7.11 Å². The molecule has 0 saturated carbocycles. The maximum atomic E-state index is 12.1. The molecule has 3 N–H and O–H groups in total. The van der Waals surface area contributed by atoms with Crippen LogP contribution in [-0.2, 0) is 10.0 Å². The van der Waals surface area contributed by atoms with Gasteiger partial charge in [0, 0.05) is 18.7 Å². The fourth-order valence-corrected chi connectivity index (χ4v) is 2.78. The molecule has 1 rings (SSSR count). The van der Waals surface area contributed by atoms with Crippen molar-refractivity contribution in [2.75, 3.05) is 19.4 Å². The van der Waals surface area contributed by atoms with Gasteiger partial charge in [0.1, 0.15) is 10.6 Å². The first kappa shape index (κ1) is 15.3. The minimum absolute atomic E-state index is 0.0406. The summed E-state index contributed by atoms with van der Waals surface area (Å²) in [5, 5.41) is 0. The van der Waals surface area contributed by atoms with Gasteiger partial charge in [0.15, 0.2) is 0 Å². The third-order valence-electron chi connectivity index (χ3n) is 2.63. The number of hydrogen-bond donors (Lipinski definition) is 2. The molecule has 0 unspecified atom stereocenters. The highest BCUT2D eigenvalue weighted by Gasteiger charge is 2.20. The number of rotatable bonds is 6. The lowest BCUT2D eigenvalue weighted by molar-refractivity contribution is 0.402. The summed E-state index contributed by atoms with van der Waals surface area (Å²) in [5.74, 6) is 2.73. The van der Waals surface area contributed by atoms with Crippen LogP contribution in [0.3, 0.4) is 0 Å². The number of aryl methyl sites for hydroxylation is 1. The Morgan fingerprint density at radius 2 is 2.16 bits per heavy atom. The smallest absolute Gasteiger partial charge is 0.244 e. The number of hydrogen-bond acceptors (Lipinski definition) is 4. The maximum Gasteiger partial charge on any atom is 0.244 e. The van der Waals surface area contributed by atoms with Gasteiger partial charge in [-0.25, -0.2) is 13.1 Å². The Kier molecular flexibility index (Phi) is 5.21. The molecule has 0 amide bonds. The van der Waals surface area contributed by atoms with Gasteiger partial charge in [-0.1, -0.05) is 0 Å². The number of benzene rings is 1. The zero-order valence-corrected chi connectivity index (χ0v) is 11.9. The second kappa shape index (κ2) is 6.45. The summed E-state index contributed by atoms with van der Waals surface area (Å²) in [4.78, 5) is 0.0406. The number of unbranched alkanes of at least 4 members (excludes halogenated alkanes) is 1. The molecule has 1 aromatic carbocycles. The Morgan fingerprint density at radius 3 is 2.74 bits per heavy atom. The molecular weight excluding hydrogens is 264 g/mol. The molecule has 0 aliphatic heterocycles. The van der Waals surface area contributed by atoms with Crippen LogP contribution in [0, 0.1) is 19.3 Å². The highest BCUT2D eigenvalue weighted by Crippen LogP contribution is 2.28. The third-order valence-corrected chi connectivity index (χ3v) is 4.11. The zero-order chi connectivity index (χ0) is 14.5. The van der Waals surface area contributed by atoms with Gasteiger partial charge in [0.2, 0.25) is 10.0 Å². The van der Waals surface area contributed by atoms with E-state index < -0.39 is 10.0 Å². The highest BCUT2D eigenvalue weighted by molar-refractivity contribution is 7.89. The molecule has 0 aliphatic rings. The van der Waals surface area contributed by atoms with Crippen LogP contribution < -0.4 is 15.2 Å². The summed E-state index contributed by atoms with van der Waals surface area (Å²) in [7, 11) is -2.23. The summed E-state index contributed by atoms with van der Waals surface area (Å²) in [6.45, 7) is 2.07. The van der Waals surface area contributed by atoms with Gasteiger partial charge in [-0.05, 0) is 31.0 Å². The summed E-state index contributed by atoms with van der Waals surface area (Å²) < 4.78 is 31.8. The largest absolute Gasteiger partial charge is 0.495 e. The van der Waals surface area contributed by atoms with Crippen LogP contribution >= 0.6 is 0 Å². The van der Waals surface area contributed by atoms with Crippen molar-refractivity contribution in [1.82, 2.24) is 4.72 Å². The van der Waals surface area contributed by atoms with Gasteiger partial charge < -0.3 is 10.5 Å². The Balaban J connectivity index is 3.01. The Hall–Kier alpha value is -1.71. The van der Waals surface area contributed by atoms with Crippen LogP contribution in [-0.4, -0.2) is 22.1 Å². The van der Waals surface area contributed by atoms with Gasteiger partial charge in [-0.15, -0.1) is 12.3 Å². The van der Waals surface area contributed by atoms with Crippen LogP contribution in [0.25, 0.3) is 0 Å². The normalized spacial score (nSPS) is 11.0. The van der Waals surface area contributed by atoms with Crippen LogP contribution in [0.5, 0.6) is 5.75 Å². The molecule has 0 aliphatic carbocycles. The quantitative estimate of drug-likeness (QED) is 0.468. The van der Waals surface area contributed by atoms with Gasteiger partial charge in [-0.2, -0.15) is 0 Å². The topological polar surface area (TPSA) is 81.4 Å². The van der Waals surface area contributed by atoms with Crippen molar-refractivity contribution in [2.45, 2.75) is 24.7 Å². The molecule has 0 bridgehead atoms. The lowest BCUT2D eigenvalue weighted by Crippen LogP contribution is -2.25. The van der Waals surface area contributed by atoms with Crippen molar-refractivity contribution in [2.24, 2.45) is 0 Å². The van der Waals surface area contributed by atoms with Crippen molar-refractivity contribution in [3.05, 3.63) is 17.7 Å². The predicted molar refractivity (Wildman–Crippen MR) is 75.4 cm³/mol. The van der Waals surface area contributed by atoms with Crippen molar-refractivity contribution >= 4 is 15.7 Å².